The van der Waals surface area contributed by atoms with Gasteiger partial charge in [0.05, 0.1) is 0 Å². The van der Waals surface area contributed by atoms with Crippen LogP contribution >= 0.6 is 0 Å². The van der Waals surface area contributed by atoms with Crippen molar-refractivity contribution in [1.29, 1.82) is 0 Å². The molecule has 0 fully saturated rings. The minimum absolute atomic E-state index is 0.251. The maximum absolute atomic E-state index is 6.12. The average Bonchev–Trinajstić information content (AvgIpc) is 2.45. The molecule has 0 saturated heterocycles. The van der Waals surface area contributed by atoms with E-state index in [1.54, 1.807) is 0 Å². The predicted molar refractivity (Wildman–Crippen MR) is 89.4 cm³/mol. The third-order valence-corrected chi connectivity index (χ3v) is 18.5. The molecule has 19 heavy (non-hydrogen) atoms. The van der Waals surface area contributed by atoms with Crippen LogP contribution in [0.3, 0.4) is 0 Å². The van der Waals surface area contributed by atoms with Crippen molar-refractivity contribution < 1.29 is 4.74 Å². The first-order chi connectivity index (χ1) is 9.14. The summed E-state index contributed by atoms with van der Waals surface area (Å²) in [6, 6.07) is 0. The average molecular weight is 378 g/mol. The maximum atomic E-state index is 6.12. The van der Waals surface area contributed by atoms with Crippen molar-refractivity contribution in [2.75, 3.05) is 11.2 Å². The topological polar surface area (TPSA) is 35.2 Å². The molecule has 0 unspecified atom stereocenters. The molecular weight excluding hydrogens is 341 g/mol. The van der Waals surface area contributed by atoms with Crippen LogP contribution in [0.4, 0.5) is 0 Å². The van der Waals surface area contributed by atoms with E-state index in [9.17, 15) is 0 Å². The van der Waals surface area contributed by atoms with Crippen LogP contribution in [0, 0.1) is 0 Å². The van der Waals surface area contributed by atoms with Gasteiger partial charge in [-0.15, -0.1) is 0 Å². The summed E-state index contributed by atoms with van der Waals surface area (Å²) >= 11 is -2.05. The molecule has 2 nitrogen and oxygen atoms in total. The summed E-state index contributed by atoms with van der Waals surface area (Å²) in [7, 11) is 0. The van der Waals surface area contributed by atoms with Crippen LogP contribution in [0.2, 0.25) is 13.3 Å². The minimum atomic E-state index is -2.05. The monoisotopic (exact) mass is 379 g/mol. The van der Waals surface area contributed by atoms with Gasteiger partial charge in [-0.2, -0.15) is 0 Å². The van der Waals surface area contributed by atoms with Crippen LogP contribution in [0.5, 0.6) is 0 Å². The number of ether oxygens (including phenoxy) is 1. The fourth-order valence-corrected chi connectivity index (χ4v) is 17.3. The number of nitrogens with two attached hydrogens (primary N) is 1. The normalized spacial score (nSPS) is 13.7. The van der Waals surface area contributed by atoms with Gasteiger partial charge in [-0.1, -0.05) is 0 Å². The van der Waals surface area contributed by atoms with Gasteiger partial charge in [0.25, 0.3) is 0 Å². The molecule has 2 N–H and O–H groups in total. The molecule has 0 aromatic rings. The van der Waals surface area contributed by atoms with Gasteiger partial charge in [0.1, 0.15) is 0 Å². The Bertz CT molecular complexity index is 177. The van der Waals surface area contributed by atoms with Crippen molar-refractivity contribution in [3.63, 3.8) is 0 Å². The van der Waals surface area contributed by atoms with Crippen LogP contribution in [-0.2, 0) is 4.74 Å². The Kier molecular flexibility index (Phi) is 12.9. The molecular formula is C16H37NOSn. The molecule has 0 spiro atoms. The second-order valence-electron chi connectivity index (χ2n) is 6.17. The van der Waals surface area contributed by atoms with Crippen molar-refractivity contribution in [3.05, 3.63) is 0 Å². The molecule has 3 heteroatoms. The fourth-order valence-electron chi connectivity index (χ4n) is 2.63. The van der Waals surface area contributed by atoms with E-state index in [1.807, 2.05) is 0 Å². The Morgan fingerprint density at radius 3 is 1.63 bits per heavy atom. The molecule has 0 bridgehead atoms. The van der Waals surface area contributed by atoms with Gasteiger partial charge in [-0.25, -0.2) is 0 Å². The number of unbranched alkanes of at least 4 members (excludes halogenated alkanes) is 3. The molecule has 1 atom stereocenters. The molecule has 0 amide bonds. The summed E-state index contributed by atoms with van der Waals surface area (Å²) in [6.45, 7) is 9.74. The van der Waals surface area contributed by atoms with E-state index in [1.165, 1.54) is 51.8 Å². The third-order valence-electron chi connectivity index (χ3n) is 4.19. The second-order valence-corrected chi connectivity index (χ2v) is 19.8. The van der Waals surface area contributed by atoms with Gasteiger partial charge in [-0.05, 0) is 0 Å². The Morgan fingerprint density at radius 2 is 1.32 bits per heavy atom. The molecule has 0 aliphatic rings. The van der Waals surface area contributed by atoms with E-state index in [-0.39, 0.29) is 6.10 Å². The molecule has 0 radical (unpaired) electrons. The van der Waals surface area contributed by atoms with Crippen LogP contribution in [0.25, 0.3) is 0 Å². The van der Waals surface area contributed by atoms with E-state index >= 15 is 0 Å². The molecule has 0 aromatic heterocycles. The van der Waals surface area contributed by atoms with Gasteiger partial charge in [0.15, 0.2) is 0 Å². The van der Waals surface area contributed by atoms with Gasteiger partial charge >= 0.3 is 126 Å². The first-order valence-corrected chi connectivity index (χ1v) is 16.5. The molecule has 116 valence electrons. The van der Waals surface area contributed by atoms with Crippen LogP contribution in [0.15, 0.2) is 0 Å². The van der Waals surface area contributed by atoms with E-state index in [0.29, 0.717) is 6.54 Å². The zero-order chi connectivity index (χ0) is 14.6. The summed E-state index contributed by atoms with van der Waals surface area (Å²) in [5, 5.41) is 0. The van der Waals surface area contributed by atoms with Gasteiger partial charge in [0.2, 0.25) is 0 Å². The standard InChI is InChI=1S/C4H10NO.3C4H9.Sn/c1-4(3-5)6-2;3*1-3-4-2;/h4H,2-3,5H2,1H3;3*1,3-4H2,2H3;/t4-;;;;/m1..../s1. The van der Waals surface area contributed by atoms with Crippen molar-refractivity contribution >= 4 is 18.4 Å². The summed E-state index contributed by atoms with van der Waals surface area (Å²) < 4.78 is 11.8. The molecule has 0 aromatic carbocycles. The van der Waals surface area contributed by atoms with E-state index in [2.05, 4.69) is 27.7 Å². The summed E-state index contributed by atoms with van der Waals surface area (Å²) in [5.41, 5.74) is 5.70. The summed E-state index contributed by atoms with van der Waals surface area (Å²) in [6.07, 6.45) is 8.52. The van der Waals surface area contributed by atoms with Gasteiger partial charge < -0.3 is 0 Å². The first-order valence-electron chi connectivity index (χ1n) is 8.45. The molecule has 0 saturated carbocycles. The van der Waals surface area contributed by atoms with E-state index < -0.39 is 18.4 Å². The molecule has 0 heterocycles. The van der Waals surface area contributed by atoms with Crippen molar-refractivity contribution in [1.82, 2.24) is 0 Å². The summed E-state index contributed by atoms with van der Waals surface area (Å²) in [4.78, 5) is 0. The van der Waals surface area contributed by atoms with Gasteiger partial charge in [0, 0.05) is 0 Å². The Morgan fingerprint density at radius 1 is 0.895 bits per heavy atom. The zero-order valence-corrected chi connectivity index (χ0v) is 16.7. The van der Waals surface area contributed by atoms with Crippen molar-refractivity contribution in [2.24, 2.45) is 5.73 Å². The number of rotatable bonds is 13. The summed E-state index contributed by atoms with van der Waals surface area (Å²) in [5.74, 6) is 0. The van der Waals surface area contributed by atoms with E-state index in [0.717, 1.165) is 4.62 Å². The molecule has 0 aliphatic carbocycles. The number of hydrogen-bond acceptors (Lipinski definition) is 2. The Labute approximate surface area is 125 Å². The third kappa shape index (κ3) is 9.30. The predicted octanol–water partition coefficient (Wildman–Crippen LogP) is 4.74. The quantitative estimate of drug-likeness (QED) is 0.470. The first kappa shape index (κ1) is 19.7. The van der Waals surface area contributed by atoms with Crippen LogP contribution in [-0.4, -0.2) is 35.6 Å². The fraction of sp³-hybridized carbons (Fsp3) is 1.00. The Balaban J connectivity index is 4.56. The van der Waals surface area contributed by atoms with Crippen molar-refractivity contribution in [3.8, 4) is 0 Å². The Hall–Kier alpha value is 0.719. The van der Waals surface area contributed by atoms with Crippen LogP contribution < -0.4 is 5.73 Å². The van der Waals surface area contributed by atoms with Crippen LogP contribution in [0.1, 0.15) is 66.2 Å². The van der Waals surface area contributed by atoms with Crippen molar-refractivity contribution in [2.45, 2.75) is 85.6 Å². The molecule has 0 aliphatic heterocycles. The van der Waals surface area contributed by atoms with Gasteiger partial charge in [-0.3, -0.25) is 0 Å². The number of hydrogen-bond donors (Lipinski definition) is 1. The SMILES string of the molecule is CCC[CH2][Sn]([CH2]CCC)([CH2]CCC)[CH2]O[C@H](C)CN. The molecule has 0 rings (SSSR count). The van der Waals surface area contributed by atoms with E-state index in [4.69, 9.17) is 10.5 Å². The second kappa shape index (κ2) is 12.5. The zero-order valence-electron chi connectivity index (χ0n) is 13.8.